The molecule has 0 N–H and O–H groups in total. The van der Waals surface area contributed by atoms with Crippen LogP contribution in [-0.4, -0.2) is 0 Å². The predicted molar refractivity (Wildman–Crippen MR) is 280 cm³/mol. The highest BCUT2D eigenvalue weighted by Crippen LogP contribution is 2.60. The van der Waals surface area contributed by atoms with E-state index in [1.165, 1.54) is 93.5 Å². The van der Waals surface area contributed by atoms with Gasteiger partial charge < -0.3 is 4.90 Å². The maximum Gasteiger partial charge on any atom is 0.0540 e. The SMILES string of the molecule is C=C1/C=C\C=C/CC2(c3ccccc3-c3ccccc32)c2c1cccc2N(c1ccc2c(c1)c1ccccc1c1cc3c(cc21)C(C)(C)c1ccccc1-3)c1ccccc1-c1ccccc1. The van der Waals surface area contributed by atoms with Crippen molar-refractivity contribution in [2.45, 2.75) is 31.1 Å². The number of rotatable bonds is 4. The number of hydrogen-bond acceptors (Lipinski definition) is 1. The standard InChI is InChI=1S/C65H47N/c1-42-21-6-5-19-38-65(58-32-16-12-27-50(58)51-28-13-17-33-59(51)65)63-45(42)30-20-35-62(63)66(61-34-18-14-24-46(61)43-22-7-4-8-23-43)44-36-37-49-53(39-44)47-25-9-10-26-48(47)54-40-56-52-29-11-15-31-57(52)64(2,3)60(56)41-55(49)54/h4-37,39-41H,1,38H2,2-3H3/b19-5-,21-6-. The zero-order valence-electron chi connectivity index (χ0n) is 37.2. The fourth-order valence-electron chi connectivity index (χ4n) is 12.2. The van der Waals surface area contributed by atoms with Crippen LogP contribution in [0, 0.1) is 0 Å². The molecule has 0 saturated heterocycles. The van der Waals surface area contributed by atoms with Crippen molar-refractivity contribution in [3.05, 3.63) is 264 Å². The third kappa shape index (κ3) is 5.41. The number of anilines is 3. The molecule has 0 radical (unpaired) electrons. The Bertz CT molecular complexity index is 3680. The molecule has 0 aromatic heterocycles. The summed E-state index contributed by atoms with van der Waals surface area (Å²) < 4.78 is 0. The molecule has 1 spiro atoms. The van der Waals surface area contributed by atoms with Crippen molar-refractivity contribution in [2.24, 2.45) is 0 Å². The van der Waals surface area contributed by atoms with Gasteiger partial charge in [0, 0.05) is 16.7 Å². The van der Waals surface area contributed by atoms with E-state index in [1.54, 1.807) is 0 Å². The minimum absolute atomic E-state index is 0.110. The van der Waals surface area contributed by atoms with E-state index in [4.69, 9.17) is 6.58 Å². The van der Waals surface area contributed by atoms with Crippen molar-refractivity contribution in [1.82, 2.24) is 0 Å². The average Bonchev–Trinajstić information content (AvgIpc) is 3.80. The van der Waals surface area contributed by atoms with Crippen molar-refractivity contribution >= 4 is 55.0 Å². The van der Waals surface area contributed by atoms with Crippen LogP contribution in [0.3, 0.4) is 0 Å². The Kier molecular flexibility index (Phi) is 8.45. The van der Waals surface area contributed by atoms with Gasteiger partial charge >= 0.3 is 0 Å². The summed E-state index contributed by atoms with van der Waals surface area (Å²) in [4.78, 5) is 2.56. The average molecular weight is 842 g/mol. The van der Waals surface area contributed by atoms with Gasteiger partial charge in [-0.3, -0.25) is 0 Å². The van der Waals surface area contributed by atoms with Crippen LogP contribution in [0.1, 0.15) is 53.6 Å². The quantitative estimate of drug-likeness (QED) is 0.160. The summed E-state index contributed by atoms with van der Waals surface area (Å²) in [6, 6.07) is 75.1. The lowest BCUT2D eigenvalue weighted by Crippen LogP contribution is -2.30. The number of benzene rings is 10. The number of hydrogen-bond donors (Lipinski definition) is 0. The Labute approximate surface area is 387 Å². The van der Waals surface area contributed by atoms with Gasteiger partial charge in [-0.2, -0.15) is 0 Å². The van der Waals surface area contributed by atoms with Crippen LogP contribution in [0.4, 0.5) is 17.1 Å². The molecule has 0 amide bonds. The molecule has 0 saturated carbocycles. The molecular weight excluding hydrogens is 795 g/mol. The molecule has 0 unspecified atom stereocenters. The summed E-state index contributed by atoms with van der Waals surface area (Å²) >= 11 is 0. The van der Waals surface area contributed by atoms with Gasteiger partial charge in [0.15, 0.2) is 0 Å². The number of para-hydroxylation sites is 1. The Morgan fingerprint density at radius 1 is 0.409 bits per heavy atom. The van der Waals surface area contributed by atoms with Gasteiger partial charge in [-0.05, 0) is 142 Å². The predicted octanol–water partition coefficient (Wildman–Crippen LogP) is 17.4. The molecule has 0 heterocycles. The zero-order valence-corrected chi connectivity index (χ0v) is 37.2. The smallest absolute Gasteiger partial charge is 0.0540 e. The zero-order chi connectivity index (χ0) is 44.1. The summed E-state index contributed by atoms with van der Waals surface area (Å²) in [6.07, 6.45) is 9.69. The van der Waals surface area contributed by atoms with Gasteiger partial charge in [-0.1, -0.05) is 209 Å². The second kappa shape index (κ2) is 14.5. The van der Waals surface area contributed by atoms with Crippen molar-refractivity contribution in [2.75, 3.05) is 4.90 Å². The summed E-state index contributed by atoms with van der Waals surface area (Å²) in [6.45, 7) is 9.55. The molecule has 0 fully saturated rings. The molecule has 0 bridgehead atoms. The lowest BCUT2D eigenvalue weighted by atomic mass is 9.67. The van der Waals surface area contributed by atoms with E-state index in [-0.39, 0.29) is 5.41 Å². The second-order valence-corrected chi connectivity index (χ2v) is 18.8. The Balaban J connectivity index is 1.15. The van der Waals surface area contributed by atoms with Gasteiger partial charge in [0.25, 0.3) is 0 Å². The molecule has 3 aliphatic carbocycles. The molecule has 312 valence electrons. The third-order valence-electron chi connectivity index (χ3n) is 15.1. The molecule has 10 aromatic carbocycles. The number of allylic oxidation sites excluding steroid dienone is 5. The lowest BCUT2D eigenvalue weighted by Gasteiger charge is -2.39. The van der Waals surface area contributed by atoms with Crippen molar-refractivity contribution < 1.29 is 0 Å². The maximum atomic E-state index is 4.79. The lowest BCUT2D eigenvalue weighted by molar-refractivity contribution is 0.644. The van der Waals surface area contributed by atoms with E-state index in [0.717, 1.165) is 34.6 Å². The van der Waals surface area contributed by atoms with Crippen LogP contribution in [0.15, 0.2) is 231 Å². The molecule has 1 nitrogen and oxygen atoms in total. The van der Waals surface area contributed by atoms with Gasteiger partial charge in [-0.15, -0.1) is 0 Å². The fourth-order valence-corrected chi connectivity index (χ4v) is 12.2. The first kappa shape index (κ1) is 38.5. The molecule has 13 rings (SSSR count). The van der Waals surface area contributed by atoms with Gasteiger partial charge in [0.1, 0.15) is 0 Å². The van der Waals surface area contributed by atoms with Gasteiger partial charge in [-0.25, -0.2) is 0 Å². The van der Waals surface area contributed by atoms with Crippen LogP contribution in [0.5, 0.6) is 0 Å². The number of fused-ring (bicyclic) bond motifs is 16. The van der Waals surface area contributed by atoms with Gasteiger partial charge in [0.2, 0.25) is 0 Å². The molecule has 66 heavy (non-hydrogen) atoms. The van der Waals surface area contributed by atoms with Crippen molar-refractivity contribution in [3.8, 4) is 33.4 Å². The minimum atomic E-state index is -0.519. The van der Waals surface area contributed by atoms with Crippen LogP contribution < -0.4 is 4.90 Å². The van der Waals surface area contributed by atoms with E-state index >= 15 is 0 Å². The monoisotopic (exact) mass is 841 g/mol. The van der Waals surface area contributed by atoms with Crippen LogP contribution >= 0.6 is 0 Å². The molecule has 1 heteroatoms. The van der Waals surface area contributed by atoms with Crippen LogP contribution in [-0.2, 0) is 10.8 Å². The van der Waals surface area contributed by atoms with E-state index in [1.807, 2.05) is 0 Å². The Hall–Kier alpha value is -8.00. The summed E-state index contributed by atoms with van der Waals surface area (Å²) in [5.74, 6) is 0. The highest BCUT2D eigenvalue weighted by molar-refractivity contribution is 6.27. The molecule has 0 atom stereocenters. The highest BCUT2D eigenvalue weighted by atomic mass is 15.1. The Morgan fingerprint density at radius 3 is 1.68 bits per heavy atom. The van der Waals surface area contributed by atoms with E-state index in [9.17, 15) is 0 Å². The molecule has 3 aliphatic rings. The summed E-state index contributed by atoms with van der Waals surface area (Å²) in [7, 11) is 0. The highest BCUT2D eigenvalue weighted by Gasteiger charge is 2.47. The maximum absolute atomic E-state index is 4.79. The largest absolute Gasteiger partial charge is 0.310 e. The van der Waals surface area contributed by atoms with Crippen LogP contribution in [0.2, 0.25) is 0 Å². The summed E-state index contributed by atoms with van der Waals surface area (Å²) in [5, 5.41) is 7.61. The Morgan fingerprint density at radius 2 is 0.955 bits per heavy atom. The van der Waals surface area contributed by atoms with Crippen molar-refractivity contribution in [3.63, 3.8) is 0 Å². The second-order valence-electron chi connectivity index (χ2n) is 18.8. The third-order valence-corrected chi connectivity index (χ3v) is 15.1. The van der Waals surface area contributed by atoms with E-state index in [0.29, 0.717) is 0 Å². The molecule has 0 aliphatic heterocycles. The molecule has 10 aromatic rings. The first-order valence-corrected chi connectivity index (χ1v) is 23.3. The summed E-state index contributed by atoms with van der Waals surface area (Å²) in [5.41, 5.74) is 19.2. The normalized spacial score (nSPS) is 15.9. The first-order valence-electron chi connectivity index (χ1n) is 23.3. The van der Waals surface area contributed by atoms with E-state index in [2.05, 4.69) is 243 Å². The van der Waals surface area contributed by atoms with Gasteiger partial charge in [0.05, 0.1) is 16.8 Å². The topological polar surface area (TPSA) is 3.24 Å². The van der Waals surface area contributed by atoms with Crippen molar-refractivity contribution in [1.29, 1.82) is 0 Å². The fraction of sp³-hybridized carbons (Fsp3) is 0.0769. The van der Waals surface area contributed by atoms with Crippen LogP contribution in [0.25, 0.3) is 71.3 Å². The number of nitrogens with zero attached hydrogens (tertiary/aromatic N) is 1. The van der Waals surface area contributed by atoms with E-state index < -0.39 is 5.41 Å². The minimum Gasteiger partial charge on any atom is -0.310 e. The molecular formula is C65H47N. The first-order chi connectivity index (χ1) is 32.4.